The van der Waals surface area contributed by atoms with Crippen LogP contribution in [0.5, 0.6) is 0 Å². The van der Waals surface area contributed by atoms with Crippen LogP contribution in [0, 0.1) is 0 Å². The largest absolute Gasteiger partial charge is 0.500 e. The lowest BCUT2D eigenvalue weighted by molar-refractivity contribution is -0.117. The minimum atomic E-state index is -0.329. The summed E-state index contributed by atoms with van der Waals surface area (Å²) in [5.74, 6) is 0.454. The molecule has 0 bridgehead atoms. The molecule has 2 rings (SSSR count). The van der Waals surface area contributed by atoms with E-state index in [0.717, 1.165) is 0 Å². The van der Waals surface area contributed by atoms with Crippen molar-refractivity contribution >= 4 is 34.7 Å². The van der Waals surface area contributed by atoms with Crippen LogP contribution in [-0.4, -0.2) is 18.6 Å². The van der Waals surface area contributed by atoms with Gasteiger partial charge in [0.25, 0.3) is 5.91 Å². The van der Waals surface area contributed by atoms with Crippen molar-refractivity contribution in [2.24, 2.45) is 0 Å². The molecule has 0 aliphatic carbocycles. The molecule has 1 N–H and O–H groups in total. The Morgan fingerprint density at radius 3 is 2.58 bits per heavy atom. The molecule has 1 aliphatic rings. The molecule has 1 amide bonds. The second-order valence-electron chi connectivity index (χ2n) is 5.14. The van der Waals surface area contributed by atoms with Gasteiger partial charge in [0.05, 0.1) is 17.7 Å². The van der Waals surface area contributed by atoms with Crippen molar-refractivity contribution in [3.8, 4) is 0 Å². The molecule has 1 aromatic carbocycles. The number of carbonyl (C=O) groups excluding carboxylic acids is 1. The first-order valence-corrected chi connectivity index (χ1v) is 6.65. The number of amides is 1. The van der Waals surface area contributed by atoms with E-state index in [1.807, 2.05) is 13.8 Å². The Kier molecular flexibility index (Phi) is 3.79. The Balaban J connectivity index is 2.57. The maximum absolute atomic E-state index is 12.3. The first-order chi connectivity index (χ1) is 8.84. The minimum absolute atomic E-state index is 0.183. The van der Waals surface area contributed by atoms with Gasteiger partial charge in [0.1, 0.15) is 5.76 Å². The van der Waals surface area contributed by atoms with Crippen LogP contribution in [0.2, 0.25) is 10.0 Å². The van der Waals surface area contributed by atoms with E-state index < -0.39 is 0 Å². The Morgan fingerprint density at radius 2 is 2.00 bits per heavy atom. The maximum Gasteiger partial charge on any atom is 0.255 e. The van der Waals surface area contributed by atoms with Crippen LogP contribution in [0.4, 0.5) is 0 Å². The molecule has 19 heavy (non-hydrogen) atoms. The molecular weight excluding hydrogens is 285 g/mol. The zero-order valence-electron chi connectivity index (χ0n) is 11.0. The highest BCUT2D eigenvalue weighted by atomic mass is 35.5. The number of nitrogens with one attached hydrogen (secondary N) is 1. The van der Waals surface area contributed by atoms with E-state index >= 15 is 0 Å². The number of methoxy groups -OCH3 is 1. The first-order valence-electron chi connectivity index (χ1n) is 5.89. The fourth-order valence-electron chi connectivity index (χ4n) is 2.17. The van der Waals surface area contributed by atoms with Gasteiger partial charge in [0, 0.05) is 22.5 Å². The normalized spacial score (nSPS) is 18.3. The summed E-state index contributed by atoms with van der Waals surface area (Å²) in [6, 6.07) is 5.05. The molecule has 5 heteroatoms. The molecule has 0 fully saturated rings. The van der Waals surface area contributed by atoms with Gasteiger partial charge >= 0.3 is 0 Å². The highest BCUT2D eigenvalue weighted by molar-refractivity contribution is 6.37. The van der Waals surface area contributed by atoms with E-state index in [2.05, 4.69) is 5.32 Å². The zero-order chi connectivity index (χ0) is 14.2. The summed E-state index contributed by atoms with van der Waals surface area (Å²) < 4.78 is 5.38. The number of hydrogen-bond donors (Lipinski definition) is 1. The van der Waals surface area contributed by atoms with Gasteiger partial charge in [0.15, 0.2) is 0 Å². The summed E-state index contributed by atoms with van der Waals surface area (Å²) in [7, 11) is 1.56. The lowest BCUT2D eigenvalue weighted by atomic mass is 9.89. The molecule has 0 aromatic heterocycles. The van der Waals surface area contributed by atoms with Gasteiger partial charge in [-0.15, -0.1) is 0 Å². The van der Waals surface area contributed by atoms with E-state index in [4.69, 9.17) is 27.9 Å². The van der Waals surface area contributed by atoms with E-state index in [-0.39, 0.29) is 11.4 Å². The number of carbonyl (C=O) groups is 1. The zero-order valence-corrected chi connectivity index (χ0v) is 12.5. The van der Waals surface area contributed by atoms with Gasteiger partial charge in [-0.25, -0.2) is 0 Å². The van der Waals surface area contributed by atoms with Crippen molar-refractivity contribution in [3.63, 3.8) is 0 Å². The average molecular weight is 300 g/mol. The smallest absolute Gasteiger partial charge is 0.255 e. The quantitative estimate of drug-likeness (QED) is 0.905. The van der Waals surface area contributed by atoms with Crippen molar-refractivity contribution in [2.45, 2.75) is 25.8 Å². The van der Waals surface area contributed by atoms with Crippen molar-refractivity contribution < 1.29 is 9.53 Å². The number of rotatable bonds is 2. The van der Waals surface area contributed by atoms with Gasteiger partial charge in [-0.05, 0) is 26.0 Å². The summed E-state index contributed by atoms with van der Waals surface area (Å²) in [4.78, 5) is 12.3. The topological polar surface area (TPSA) is 38.3 Å². The summed E-state index contributed by atoms with van der Waals surface area (Å²) in [5.41, 5.74) is 0.782. The molecule has 1 heterocycles. The van der Waals surface area contributed by atoms with Crippen LogP contribution < -0.4 is 5.32 Å². The average Bonchev–Trinajstić information content (AvgIpc) is 2.29. The summed E-state index contributed by atoms with van der Waals surface area (Å²) in [6.07, 6.45) is 0.615. The molecule has 0 saturated heterocycles. The monoisotopic (exact) mass is 299 g/mol. The summed E-state index contributed by atoms with van der Waals surface area (Å²) >= 11 is 12.0. The molecule has 0 spiro atoms. The van der Waals surface area contributed by atoms with Gasteiger partial charge in [0.2, 0.25) is 0 Å². The molecule has 3 nitrogen and oxygen atoms in total. The highest BCUT2D eigenvalue weighted by Crippen LogP contribution is 2.35. The fourth-order valence-corrected chi connectivity index (χ4v) is 2.67. The lowest BCUT2D eigenvalue weighted by Crippen LogP contribution is -2.47. The minimum Gasteiger partial charge on any atom is -0.500 e. The molecule has 1 aliphatic heterocycles. The molecular formula is C14H15Cl2NO2. The number of ether oxygens (including phenoxy) is 1. The van der Waals surface area contributed by atoms with Crippen molar-refractivity contribution in [3.05, 3.63) is 39.6 Å². The van der Waals surface area contributed by atoms with E-state index in [9.17, 15) is 4.79 Å². The van der Waals surface area contributed by atoms with Crippen molar-refractivity contribution in [1.82, 2.24) is 5.32 Å². The lowest BCUT2D eigenvalue weighted by Gasteiger charge is -2.33. The van der Waals surface area contributed by atoms with Crippen LogP contribution in [0.3, 0.4) is 0 Å². The SMILES string of the molecule is COC1=C(c2ccc(Cl)cc2Cl)C(=O)NC(C)(C)C1. The molecule has 0 atom stereocenters. The number of hydrogen-bond acceptors (Lipinski definition) is 2. The van der Waals surface area contributed by atoms with Crippen LogP contribution in [0.1, 0.15) is 25.8 Å². The van der Waals surface area contributed by atoms with Crippen LogP contribution in [0.25, 0.3) is 5.57 Å². The van der Waals surface area contributed by atoms with Gasteiger partial charge in [-0.1, -0.05) is 29.3 Å². The van der Waals surface area contributed by atoms with Gasteiger partial charge in [-0.3, -0.25) is 4.79 Å². The fraction of sp³-hybridized carbons (Fsp3) is 0.357. The van der Waals surface area contributed by atoms with Crippen LogP contribution in [-0.2, 0) is 9.53 Å². The Hall–Kier alpha value is -1.19. The predicted molar refractivity (Wildman–Crippen MR) is 77.2 cm³/mol. The second kappa shape index (κ2) is 5.06. The number of benzene rings is 1. The summed E-state index contributed by atoms with van der Waals surface area (Å²) in [6.45, 7) is 3.90. The van der Waals surface area contributed by atoms with Crippen LogP contribution >= 0.6 is 23.2 Å². The number of halogens is 2. The van der Waals surface area contributed by atoms with Crippen molar-refractivity contribution in [1.29, 1.82) is 0 Å². The van der Waals surface area contributed by atoms with Crippen LogP contribution in [0.15, 0.2) is 24.0 Å². The Labute approximate surface area is 122 Å². The molecule has 0 saturated carbocycles. The third-order valence-electron chi connectivity index (χ3n) is 3.01. The predicted octanol–water partition coefficient (Wildman–Crippen LogP) is 3.65. The van der Waals surface area contributed by atoms with E-state index in [1.54, 1.807) is 25.3 Å². The molecule has 1 aromatic rings. The first kappa shape index (κ1) is 14.2. The highest BCUT2D eigenvalue weighted by Gasteiger charge is 2.34. The molecule has 102 valence electrons. The second-order valence-corrected chi connectivity index (χ2v) is 5.98. The Morgan fingerprint density at radius 1 is 1.32 bits per heavy atom. The molecule has 0 unspecified atom stereocenters. The maximum atomic E-state index is 12.3. The van der Waals surface area contributed by atoms with Gasteiger partial charge < -0.3 is 10.1 Å². The van der Waals surface area contributed by atoms with Gasteiger partial charge in [-0.2, -0.15) is 0 Å². The van der Waals surface area contributed by atoms with E-state index in [0.29, 0.717) is 33.4 Å². The summed E-state index contributed by atoms with van der Waals surface area (Å²) in [5, 5.41) is 3.91. The third kappa shape index (κ3) is 2.88. The third-order valence-corrected chi connectivity index (χ3v) is 3.55. The standard InChI is InChI=1S/C14H15Cl2NO2/c1-14(2)7-11(19-3)12(13(18)17-14)9-5-4-8(15)6-10(9)16/h4-6H,7H2,1-3H3,(H,17,18). The Bertz CT molecular complexity index is 565. The molecule has 0 radical (unpaired) electrons. The van der Waals surface area contributed by atoms with Crippen molar-refractivity contribution in [2.75, 3.05) is 7.11 Å². The van der Waals surface area contributed by atoms with E-state index in [1.165, 1.54) is 0 Å².